The molecule has 0 N–H and O–H groups in total. The van der Waals surface area contributed by atoms with Gasteiger partial charge in [0.15, 0.2) is 0 Å². The van der Waals surface area contributed by atoms with Crippen molar-refractivity contribution in [3.05, 3.63) is 52.2 Å². The smallest absolute Gasteiger partial charge is 0.255 e. The molecule has 0 bridgehead atoms. The van der Waals surface area contributed by atoms with Gasteiger partial charge in [0.25, 0.3) is 5.56 Å². The van der Waals surface area contributed by atoms with E-state index in [1.165, 1.54) is 0 Å². The van der Waals surface area contributed by atoms with Crippen LogP contribution in [0.3, 0.4) is 0 Å². The summed E-state index contributed by atoms with van der Waals surface area (Å²) in [6.07, 6.45) is 5.78. The van der Waals surface area contributed by atoms with Gasteiger partial charge in [-0.25, -0.2) is 4.98 Å². The Labute approximate surface area is 129 Å². The van der Waals surface area contributed by atoms with Gasteiger partial charge in [0.05, 0.1) is 18.8 Å². The number of pyridine rings is 1. The highest BCUT2D eigenvalue weighted by Gasteiger charge is 2.19. The molecule has 0 aromatic carbocycles. The summed E-state index contributed by atoms with van der Waals surface area (Å²) in [7, 11) is 1.61. The minimum absolute atomic E-state index is 0.0483. The molecule has 0 spiro atoms. The zero-order valence-electron chi connectivity index (χ0n) is 12.7. The average Bonchev–Trinajstić information content (AvgIpc) is 3.05. The van der Waals surface area contributed by atoms with Crippen molar-refractivity contribution in [1.29, 1.82) is 0 Å². The predicted molar refractivity (Wildman–Crippen MR) is 84.0 cm³/mol. The Morgan fingerprint density at radius 1 is 1.32 bits per heavy atom. The van der Waals surface area contributed by atoms with E-state index in [-0.39, 0.29) is 5.56 Å². The van der Waals surface area contributed by atoms with Gasteiger partial charge < -0.3 is 9.64 Å². The first kappa shape index (κ1) is 14.7. The van der Waals surface area contributed by atoms with Gasteiger partial charge in [0, 0.05) is 38.7 Å². The van der Waals surface area contributed by atoms with E-state index in [0.717, 1.165) is 37.4 Å². The summed E-state index contributed by atoms with van der Waals surface area (Å²) in [6, 6.07) is 5.40. The molecule has 1 aliphatic heterocycles. The molecule has 1 aliphatic rings. The fourth-order valence-corrected chi connectivity index (χ4v) is 2.74. The number of ether oxygens (including phenoxy) is 1. The summed E-state index contributed by atoms with van der Waals surface area (Å²) in [5, 5.41) is 0. The van der Waals surface area contributed by atoms with Gasteiger partial charge in [-0.1, -0.05) is 6.07 Å². The molecule has 3 rings (SSSR count). The number of aromatic nitrogens is 3. The summed E-state index contributed by atoms with van der Waals surface area (Å²) in [4.78, 5) is 23.5. The second-order valence-corrected chi connectivity index (χ2v) is 5.46. The normalized spacial score (nSPS) is 14.5. The van der Waals surface area contributed by atoms with Crippen LogP contribution in [0.1, 0.15) is 24.1 Å². The Hall–Kier alpha value is -2.21. The molecular weight excluding hydrogens is 280 g/mol. The van der Waals surface area contributed by atoms with Crippen molar-refractivity contribution in [1.82, 2.24) is 14.5 Å². The van der Waals surface area contributed by atoms with Crippen LogP contribution in [0, 0.1) is 0 Å². The molecule has 0 atom stereocenters. The summed E-state index contributed by atoms with van der Waals surface area (Å²) >= 11 is 0. The second-order valence-electron chi connectivity index (χ2n) is 5.46. The van der Waals surface area contributed by atoms with Gasteiger partial charge in [-0.3, -0.25) is 14.3 Å². The van der Waals surface area contributed by atoms with Crippen molar-refractivity contribution in [2.24, 2.45) is 0 Å². The summed E-state index contributed by atoms with van der Waals surface area (Å²) in [5.41, 5.74) is 1.62. The van der Waals surface area contributed by atoms with Crippen molar-refractivity contribution in [2.45, 2.75) is 26.0 Å². The van der Waals surface area contributed by atoms with Gasteiger partial charge in [0.2, 0.25) is 5.95 Å². The zero-order valence-corrected chi connectivity index (χ0v) is 12.7. The molecule has 6 nitrogen and oxygen atoms in total. The van der Waals surface area contributed by atoms with E-state index in [4.69, 9.17) is 4.74 Å². The first-order valence-corrected chi connectivity index (χ1v) is 7.51. The molecule has 0 aliphatic carbocycles. The maximum atomic E-state index is 12.5. The van der Waals surface area contributed by atoms with Crippen molar-refractivity contribution < 1.29 is 4.74 Å². The Balaban J connectivity index is 2.00. The van der Waals surface area contributed by atoms with E-state index in [0.29, 0.717) is 18.8 Å². The Morgan fingerprint density at radius 3 is 2.82 bits per heavy atom. The van der Waals surface area contributed by atoms with E-state index < -0.39 is 0 Å². The third-order valence-corrected chi connectivity index (χ3v) is 3.79. The molecule has 1 saturated heterocycles. The lowest BCUT2D eigenvalue weighted by Gasteiger charge is -2.22. The van der Waals surface area contributed by atoms with Gasteiger partial charge in [-0.05, 0) is 24.5 Å². The van der Waals surface area contributed by atoms with E-state index in [2.05, 4.69) is 14.9 Å². The highest BCUT2D eigenvalue weighted by molar-refractivity contribution is 5.34. The van der Waals surface area contributed by atoms with E-state index >= 15 is 0 Å². The number of rotatable bonds is 5. The molecule has 0 amide bonds. The van der Waals surface area contributed by atoms with Gasteiger partial charge in [-0.15, -0.1) is 0 Å². The van der Waals surface area contributed by atoms with Crippen LogP contribution in [0.25, 0.3) is 0 Å². The summed E-state index contributed by atoms with van der Waals surface area (Å²) in [6.45, 7) is 2.72. The standard InChI is InChI=1S/C16H20N4O2/c1-22-12-14-9-15(21)20(11-13-5-4-6-17-10-13)16(18-14)19-7-2-3-8-19/h4-6,9-10H,2-3,7-8,11-12H2,1H3. The highest BCUT2D eigenvalue weighted by Crippen LogP contribution is 2.18. The maximum Gasteiger partial charge on any atom is 0.255 e. The largest absolute Gasteiger partial charge is 0.378 e. The molecule has 22 heavy (non-hydrogen) atoms. The second kappa shape index (κ2) is 6.70. The van der Waals surface area contributed by atoms with Crippen LogP contribution in [0.4, 0.5) is 5.95 Å². The third kappa shape index (κ3) is 3.17. The molecule has 6 heteroatoms. The number of hydrogen-bond acceptors (Lipinski definition) is 5. The Morgan fingerprint density at radius 2 is 2.14 bits per heavy atom. The summed E-state index contributed by atoms with van der Waals surface area (Å²) in [5.74, 6) is 0.737. The van der Waals surface area contributed by atoms with Crippen LogP contribution in [0.15, 0.2) is 35.4 Å². The first-order chi connectivity index (χ1) is 10.8. The molecule has 2 aromatic heterocycles. The SMILES string of the molecule is COCc1cc(=O)n(Cc2cccnc2)c(N2CCCC2)n1. The Kier molecular flexibility index (Phi) is 4.48. The van der Waals surface area contributed by atoms with Crippen LogP contribution >= 0.6 is 0 Å². The van der Waals surface area contributed by atoms with E-state index in [1.54, 1.807) is 30.1 Å². The van der Waals surface area contributed by atoms with Gasteiger partial charge in [-0.2, -0.15) is 0 Å². The topological polar surface area (TPSA) is 60.3 Å². The first-order valence-electron chi connectivity index (χ1n) is 7.51. The molecule has 0 saturated carbocycles. The third-order valence-electron chi connectivity index (χ3n) is 3.79. The Bertz CT molecular complexity index is 678. The van der Waals surface area contributed by atoms with Crippen LogP contribution in [-0.2, 0) is 17.9 Å². The monoisotopic (exact) mass is 300 g/mol. The molecule has 3 heterocycles. The molecule has 0 radical (unpaired) electrons. The van der Waals surface area contributed by atoms with Gasteiger partial charge >= 0.3 is 0 Å². The highest BCUT2D eigenvalue weighted by atomic mass is 16.5. The number of methoxy groups -OCH3 is 1. The minimum atomic E-state index is -0.0483. The molecule has 0 unspecified atom stereocenters. The van der Waals surface area contributed by atoms with Crippen molar-refractivity contribution in [3.63, 3.8) is 0 Å². The van der Waals surface area contributed by atoms with E-state index in [1.807, 2.05) is 12.1 Å². The van der Waals surface area contributed by atoms with Crippen molar-refractivity contribution in [2.75, 3.05) is 25.1 Å². The van der Waals surface area contributed by atoms with Crippen molar-refractivity contribution in [3.8, 4) is 0 Å². The lowest BCUT2D eigenvalue weighted by Crippen LogP contribution is -2.32. The molecular formula is C16H20N4O2. The minimum Gasteiger partial charge on any atom is -0.378 e. The quantitative estimate of drug-likeness (QED) is 0.836. The van der Waals surface area contributed by atoms with Crippen molar-refractivity contribution >= 4 is 5.95 Å². The van der Waals surface area contributed by atoms with Crippen LogP contribution < -0.4 is 10.5 Å². The van der Waals surface area contributed by atoms with Crippen LogP contribution in [0.5, 0.6) is 0 Å². The predicted octanol–water partition coefficient (Wildman–Crippen LogP) is 1.43. The summed E-state index contributed by atoms with van der Waals surface area (Å²) < 4.78 is 6.84. The number of anilines is 1. The molecule has 2 aromatic rings. The maximum absolute atomic E-state index is 12.5. The average molecular weight is 300 g/mol. The van der Waals surface area contributed by atoms with E-state index in [9.17, 15) is 4.79 Å². The number of nitrogens with zero attached hydrogens (tertiary/aromatic N) is 4. The van der Waals surface area contributed by atoms with Crippen LogP contribution in [-0.4, -0.2) is 34.7 Å². The molecule has 116 valence electrons. The fraction of sp³-hybridized carbons (Fsp3) is 0.438. The zero-order chi connectivity index (χ0) is 15.4. The van der Waals surface area contributed by atoms with Crippen LogP contribution in [0.2, 0.25) is 0 Å². The lowest BCUT2D eigenvalue weighted by atomic mass is 10.3. The van der Waals surface area contributed by atoms with Gasteiger partial charge in [0.1, 0.15) is 0 Å². The lowest BCUT2D eigenvalue weighted by molar-refractivity contribution is 0.181. The fourth-order valence-electron chi connectivity index (χ4n) is 2.74. The molecule has 1 fully saturated rings. The number of hydrogen-bond donors (Lipinski definition) is 0.